The molecule has 2 aliphatic rings. The van der Waals surface area contributed by atoms with Crippen LogP contribution in [0.5, 0.6) is 0 Å². The summed E-state index contributed by atoms with van der Waals surface area (Å²) in [5.74, 6) is -0.632. The Kier molecular flexibility index (Phi) is 6.97. The van der Waals surface area contributed by atoms with Crippen molar-refractivity contribution in [3.8, 4) is 0 Å². The van der Waals surface area contributed by atoms with E-state index in [1.807, 2.05) is 0 Å². The molecule has 2 rings (SSSR count). The number of unbranched alkanes of at least 4 members (excludes halogenated alkanes) is 4. The monoisotopic (exact) mass is 296 g/mol. The minimum atomic E-state index is -0.632. The van der Waals surface area contributed by atoms with Crippen LogP contribution >= 0.6 is 0 Å². The molecule has 2 saturated heterocycles. The predicted molar refractivity (Wildman–Crippen MR) is 85.6 cm³/mol. The number of hydrogen-bond acceptors (Lipinski definition) is 3. The van der Waals surface area contributed by atoms with Crippen molar-refractivity contribution in [3.63, 3.8) is 0 Å². The number of likely N-dealkylation sites (tertiary alicyclic amines) is 2. The van der Waals surface area contributed by atoms with Crippen LogP contribution in [0, 0.1) is 0 Å². The van der Waals surface area contributed by atoms with Crippen LogP contribution in [0.4, 0.5) is 0 Å². The summed E-state index contributed by atoms with van der Waals surface area (Å²) in [5.41, 5.74) is 0. The van der Waals surface area contributed by atoms with Gasteiger partial charge in [0.1, 0.15) is 6.04 Å². The zero-order valence-electron chi connectivity index (χ0n) is 13.6. The highest BCUT2D eigenvalue weighted by atomic mass is 16.4. The Morgan fingerprint density at radius 3 is 2.14 bits per heavy atom. The third-order valence-electron chi connectivity index (χ3n) is 5.23. The largest absolute Gasteiger partial charge is 0.480 e. The summed E-state index contributed by atoms with van der Waals surface area (Å²) >= 11 is 0. The Labute approximate surface area is 129 Å². The van der Waals surface area contributed by atoms with Crippen molar-refractivity contribution in [2.75, 3.05) is 26.2 Å². The van der Waals surface area contributed by atoms with Crippen LogP contribution in [0.3, 0.4) is 0 Å². The van der Waals surface area contributed by atoms with Crippen molar-refractivity contribution in [1.82, 2.24) is 9.80 Å². The summed E-state index contributed by atoms with van der Waals surface area (Å²) in [6.45, 7) is 6.87. The molecule has 2 atom stereocenters. The third-order valence-corrected chi connectivity index (χ3v) is 5.23. The molecule has 2 fully saturated rings. The van der Waals surface area contributed by atoms with Gasteiger partial charge in [-0.05, 0) is 71.6 Å². The van der Waals surface area contributed by atoms with Crippen molar-refractivity contribution < 1.29 is 9.90 Å². The van der Waals surface area contributed by atoms with Crippen LogP contribution in [-0.2, 0) is 4.79 Å². The smallest absolute Gasteiger partial charge is 0.320 e. The van der Waals surface area contributed by atoms with E-state index in [9.17, 15) is 4.79 Å². The highest BCUT2D eigenvalue weighted by Crippen LogP contribution is 2.19. The second-order valence-corrected chi connectivity index (χ2v) is 6.83. The maximum Gasteiger partial charge on any atom is 0.320 e. The maximum atomic E-state index is 11.1. The van der Waals surface area contributed by atoms with Gasteiger partial charge in [-0.25, -0.2) is 0 Å². The third kappa shape index (κ3) is 5.26. The lowest BCUT2D eigenvalue weighted by molar-refractivity contribution is -0.142. The molecular formula is C17H32N2O2. The van der Waals surface area contributed by atoms with E-state index in [1.165, 1.54) is 51.6 Å². The fourth-order valence-corrected chi connectivity index (χ4v) is 3.86. The van der Waals surface area contributed by atoms with Crippen LogP contribution in [0.1, 0.15) is 64.7 Å². The standard InChI is InChI=1S/C17H32N2O2/c1-15-9-7-13-18(15)11-5-3-2-4-6-12-19-14-8-10-16(19)17(20)21/h15-16H,2-14H2,1H3,(H,20,21). The van der Waals surface area contributed by atoms with Gasteiger partial charge in [0.05, 0.1) is 0 Å². The molecule has 0 saturated carbocycles. The van der Waals surface area contributed by atoms with Crippen LogP contribution in [0.15, 0.2) is 0 Å². The topological polar surface area (TPSA) is 43.8 Å². The lowest BCUT2D eigenvalue weighted by Crippen LogP contribution is -2.36. The molecule has 0 spiro atoms. The molecule has 0 aromatic carbocycles. The van der Waals surface area contributed by atoms with E-state index in [0.717, 1.165) is 38.4 Å². The van der Waals surface area contributed by atoms with Crippen LogP contribution in [-0.4, -0.2) is 59.1 Å². The first kappa shape index (κ1) is 16.8. The number of carbonyl (C=O) groups is 1. The lowest BCUT2D eigenvalue weighted by Gasteiger charge is -2.21. The fraction of sp³-hybridized carbons (Fsp3) is 0.941. The van der Waals surface area contributed by atoms with Crippen LogP contribution in [0.2, 0.25) is 0 Å². The van der Waals surface area contributed by atoms with Gasteiger partial charge in [0, 0.05) is 6.04 Å². The molecule has 4 nitrogen and oxygen atoms in total. The minimum Gasteiger partial charge on any atom is -0.480 e. The van der Waals surface area contributed by atoms with Gasteiger partial charge in [0.25, 0.3) is 0 Å². The zero-order valence-corrected chi connectivity index (χ0v) is 13.6. The molecule has 0 aromatic rings. The molecule has 1 N–H and O–H groups in total. The Morgan fingerprint density at radius 1 is 0.952 bits per heavy atom. The fourth-order valence-electron chi connectivity index (χ4n) is 3.86. The predicted octanol–water partition coefficient (Wildman–Crippen LogP) is 2.97. The van der Waals surface area contributed by atoms with E-state index in [-0.39, 0.29) is 6.04 Å². The Bertz CT molecular complexity index is 322. The van der Waals surface area contributed by atoms with Gasteiger partial charge in [-0.1, -0.05) is 19.3 Å². The Balaban J connectivity index is 1.46. The van der Waals surface area contributed by atoms with Crippen LogP contribution in [0.25, 0.3) is 0 Å². The molecule has 0 aliphatic carbocycles. The summed E-state index contributed by atoms with van der Waals surface area (Å²) in [5, 5.41) is 9.14. The first-order valence-electron chi connectivity index (χ1n) is 8.89. The maximum absolute atomic E-state index is 11.1. The Hall–Kier alpha value is -0.610. The van der Waals surface area contributed by atoms with Crippen molar-refractivity contribution in [1.29, 1.82) is 0 Å². The highest BCUT2D eigenvalue weighted by Gasteiger charge is 2.29. The van der Waals surface area contributed by atoms with Gasteiger partial charge in [-0.3, -0.25) is 9.69 Å². The van der Waals surface area contributed by atoms with Gasteiger partial charge in [0.2, 0.25) is 0 Å². The molecule has 0 aromatic heterocycles. The first-order valence-corrected chi connectivity index (χ1v) is 8.89. The van der Waals surface area contributed by atoms with E-state index in [2.05, 4.69) is 16.7 Å². The molecule has 122 valence electrons. The number of nitrogens with zero attached hydrogens (tertiary/aromatic N) is 2. The number of rotatable bonds is 9. The van der Waals surface area contributed by atoms with E-state index >= 15 is 0 Å². The highest BCUT2D eigenvalue weighted by molar-refractivity contribution is 5.73. The number of hydrogen-bond donors (Lipinski definition) is 1. The molecule has 0 amide bonds. The normalized spacial score (nSPS) is 27.5. The molecular weight excluding hydrogens is 264 g/mol. The lowest BCUT2D eigenvalue weighted by atomic mass is 10.1. The SMILES string of the molecule is CC1CCCN1CCCCCCCN1CCCC1C(=O)O. The number of aliphatic carboxylic acids is 1. The molecule has 2 heterocycles. The molecule has 21 heavy (non-hydrogen) atoms. The minimum absolute atomic E-state index is 0.207. The van der Waals surface area contributed by atoms with Crippen molar-refractivity contribution in [2.24, 2.45) is 0 Å². The first-order chi connectivity index (χ1) is 10.2. The zero-order chi connectivity index (χ0) is 15.1. The number of carboxylic acids is 1. The average Bonchev–Trinajstić information content (AvgIpc) is 3.07. The number of carboxylic acid groups (broad SMARTS) is 1. The summed E-state index contributed by atoms with van der Waals surface area (Å²) in [7, 11) is 0. The van der Waals surface area contributed by atoms with Gasteiger partial charge in [0.15, 0.2) is 0 Å². The molecule has 4 heteroatoms. The van der Waals surface area contributed by atoms with E-state index < -0.39 is 5.97 Å². The summed E-state index contributed by atoms with van der Waals surface area (Å²) in [6, 6.07) is 0.592. The second kappa shape index (κ2) is 8.74. The molecule has 2 aliphatic heterocycles. The van der Waals surface area contributed by atoms with Crippen LogP contribution < -0.4 is 0 Å². The van der Waals surface area contributed by atoms with Crippen molar-refractivity contribution in [3.05, 3.63) is 0 Å². The van der Waals surface area contributed by atoms with E-state index in [0.29, 0.717) is 0 Å². The molecule has 2 unspecified atom stereocenters. The molecule has 0 radical (unpaired) electrons. The van der Waals surface area contributed by atoms with Gasteiger partial charge in [-0.15, -0.1) is 0 Å². The van der Waals surface area contributed by atoms with E-state index in [1.54, 1.807) is 0 Å². The van der Waals surface area contributed by atoms with Crippen molar-refractivity contribution in [2.45, 2.75) is 76.8 Å². The van der Waals surface area contributed by atoms with Gasteiger partial charge >= 0.3 is 5.97 Å². The van der Waals surface area contributed by atoms with E-state index in [4.69, 9.17) is 5.11 Å². The van der Waals surface area contributed by atoms with Gasteiger partial charge < -0.3 is 10.0 Å². The second-order valence-electron chi connectivity index (χ2n) is 6.83. The summed E-state index contributed by atoms with van der Waals surface area (Å²) in [6.07, 6.45) is 11.0. The van der Waals surface area contributed by atoms with Crippen molar-refractivity contribution >= 4 is 5.97 Å². The quantitative estimate of drug-likeness (QED) is 0.664. The summed E-state index contributed by atoms with van der Waals surface area (Å²) < 4.78 is 0. The molecule has 0 bridgehead atoms. The Morgan fingerprint density at radius 2 is 1.52 bits per heavy atom. The van der Waals surface area contributed by atoms with Gasteiger partial charge in [-0.2, -0.15) is 0 Å². The average molecular weight is 296 g/mol. The summed E-state index contributed by atoms with van der Waals surface area (Å²) in [4.78, 5) is 15.9.